The van der Waals surface area contributed by atoms with Crippen molar-refractivity contribution in [1.29, 1.82) is 0 Å². The first-order valence-corrected chi connectivity index (χ1v) is 15.3. The topological polar surface area (TPSA) is 178 Å². The number of carboxylic acid groups (broad SMARTS) is 2. The molecule has 0 aliphatic heterocycles. The first kappa shape index (κ1) is 36.5. The van der Waals surface area contributed by atoms with Crippen molar-refractivity contribution in [2.75, 3.05) is 52.4 Å². The maximum atomic E-state index is 12.5. The maximum Gasteiger partial charge on any atom is 0.501 e. The summed E-state index contributed by atoms with van der Waals surface area (Å²) in [6, 6.07) is 5.45. The molecule has 36 heavy (non-hydrogen) atoms. The summed E-state index contributed by atoms with van der Waals surface area (Å²) in [5.74, 6) is -2.13. The molecule has 12 nitrogen and oxygen atoms in total. The summed E-state index contributed by atoms with van der Waals surface area (Å²) in [5.41, 5.74) is 0.167. The Kier molecular flexibility index (Phi) is 21.7. The highest BCUT2D eigenvalue weighted by Crippen LogP contribution is 2.49. The molecule has 0 aliphatic carbocycles. The van der Waals surface area contributed by atoms with E-state index in [1.165, 1.54) is 24.3 Å². The van der Waals surface area contributed by atoms with Gasteiger partial charge in [0, 0.05) is 25.9 Å². The van der Waals surface area contributed by atoms with Crippen LogP contribution in [0.15, 0.2) is 24.3 Å². The molecule has 1 rings (SSSR count). The molecule has 0 atom stereocenters. The van der Waals surface area contributed by atoms with Gasteiger partial charge in [0.05, 0.1) is 43.7 Å². The third kappa shape index (κ3) is 16.1. The SMILES string of the molecule is CCO[Si](CCP(=O)(OCC)OCC)(OCC)OCC.O=C(O)c1ccc(C(=O)O)cc1.OCCO. The van der Waals surface area contributed by atoms with Gasteiger partial charge in [0.25, 0.3) is 0 Å². The monoisotopic (exact) mass is 556 g/mol. The zero-order valence-corrected chi connectivity index (χ0v) is 23.6. The summed E-state index contributed by atoms with van der Waals surface area (Å²) in [4.78, 5) is 20.7. The Labute approximate surface area is 214 Å². The van der Waals surface area contributed by atoms with E-state index >= 15 is 0 Å². The first-order valence-electron chi connectivity index (χ1n) is 11.6. The normalized spacial score (nSPS) is 11.1. The predicted octanol–water partition coefficient (Wildman–Crippen LogP) is 3.35. The molecule has 0 aromatic heterocycles. The molecule has 0 amide bonds. The minimum absolute atomic E-state index is 0.0833. The van der Waals surface area contributed by atoms with Crippen molar-refractivity contribution in [3.63, 3.8) is 0 Å². The Hall–Kier alpha value is -1.67. The quantitative estimate of drug-likeness (QED) is 0.173. The largest absolute Gasteiger partial charge is 0.501 e. The molecule has 14 heteroatoms. The van der Waals surface area contributed by atoms with Gasteiger partial charge in [0.1, 0.15) is 0 Å². The van der Waals surface area contributed by atoms with E-state index < -0.39 is 28.3 Å². The van der Waals surface area contributed by atoms with Crippen LogP contribution in [0.4, 0.5) is 0 Å². The third-order valence-electron chi connectivity index (χ3n) is 3.91. The second-order valence-corrected chi connectivity index (χ2v) is 11.5. The molecule has 0 heterocycles. The minimum Gasteiger partial charge on any atom is -0.478 e. The Morgan fingerprint density at radius 1 is 0.722 bits per heavy atom. The van der Waals surface area contributed by atoms with Gasteiger partial charge in [-0.05, 0) is 58.9 Å². The van der Waals surface area contributed by atoms with Crippen LogP contribution < -0.4 is 0 Å². The van der Waals surface area contributed by atoms with Crippen molar-refractivity contribution < 1.29 is 56.9 Å². The molecule has 0 fully saturated rings. The number of rotatable bonds is 16. The Morgan fingerprint density at radius 2 is 1.06 bits per heavy atom. The van der Waals surface area contributed by atoms with E-state index in [0.717, 1.165) is 0 Å². The van der Waals surface area contributed by atoms with Gasteiger partial charge < -0.3 is 42.8 Å². The van der Waals surface area contributed by atoms with Crippen molar-refractivity contribution in [2.45, 2.75) is 40.7 Å². The van der Waals surface area contributed by atoms with E-state index in [9.17, 15) is 14.2 Å². The highest BCUT2D eigenvalue weighted by atomic mass is 31.2. The predicted molar refractivity (Wildman–Crippen MR) is 136 cm³/mol. The summed E-state index contributed by atoms with van der Waals surface area (Å²) in [7, 11) is -5.89. The molecule has 1 aromatic rings. The number of aliphatic hydroxyl groups is 2. The lowest BCUT2D eigenvalue weighted by Gasteiger charge is -2.29. The molecule has 0 saturated carbocycles. The van der Waals surface area contributed by atoms with Gasteiger partial charge in [-0.2, -0.15) is 0 Å². The molecule has 0 radical (unpaired) electrons. The fourth-order valence-corrected chi connectivity index (χ4v) is 7.90. The first-order chi connectivity index (χ1) is 17.0. The zero-order valence-electron chi connectivity index (χ0n) is 21.7. The molecular weight excluding hydrogens is 515 g/mol. The summed E-state index contributed by atoms with van der Waals surface area (Å²) < 4.78 is 40.2. The Morgan fingerprint density at radius 3 is 1.28 bits per heavy atom. The number of carbonyl (C=O) groups is 2. The van der Waals surface area contributed by atoms with Crippen LogP contribution in [0.1, 0.15) is 55.3 Å². The van der Waals surface area contributed by atoms with Gasteiger partial charge in [0.15, 0.2) is 0 Å². The summed E-state index contributed by atoms with van der Waals surface area (Å²) in [6.45, 7) is 11.2. The number of hydrogen-bond donors (Lipinski definition) is 4. The van der Waals surface area contributed by atoms with Crippen molar-refractivity contribution in [3.8, 4) is 0 Å². The van der Waals surface area contributed by atoms with Gasteiger partial charge in [0.2, 0.25) is 0 Å². The second kappa shape index (κ2) is 21.4. The second-order valence-electron chi connectivity index (χ2n) is 6.54. The average Bonchev–Trinajstić information content (AvgIpc) is 2.84. The van der Waals surface area contributed by atoms with Gasteiger partial charge in [-0.3, -0.25) is 4.57 Å². The molecule has 0 bridgehead atoms. The minimum atomic E-state index is -3.09. The summed E-state index contributed by atoms with van der Waals surface area (Å²) in [5, 5.41) is 32.2. The summed E-state index contributed by atoms with van der Waals surface area (Å²) in [6.07, 6.45) is 0.251. The Bertz CT molecular complexity index is 698. The van der Waals surface area contributed by atoms with E-state index in [2.05, 4.69) is 0 Å². The van der Waals surface area contributed by atoms with Crippen molar-refractivity contribution in [1.82, 2.24) is 0 Å². The lowest BCUT2D eigenvalue weighted by atomic mass is 10.1. The van der Waals surface area contributed by atoms with E-state index in [1.807, 2.05) is 20.8 Å². The zero-order chi connectivity index (χ0) is 28.0. The van der Waals surface area contributed by atoms with Crippen LogP contribution in [-0.4, -0.2) is 93.6 Å². The van der Waals surface area contributed by atoms with Crippen LogP contribution in [0, 0.1) is 0 Å². The van der Waals surface area contributed by atoms with Crippen LogP contribution >= 0.6 is 7.60 Å². The van der Waals surface area contributed by atoms with Gasteiger partial charge in [-0.15, -0.1) is 0 Å². The fourth-order valence-electron chi connectivity index (χ4n) is 2.59. The molecule has 0 spiro atoms. The molecule has 1 aromatic carbocycles. The summed E-state index contributed by atoms with van der Waals surface area (Å²) >= 11 is 0. The smallest absolute Gasteiger partial charge is 0.478 e. The number of hydrogen-bond acceptors (Lipinski definition) is 10. The number of benzene rings is 1. The standard InChI is InChI=1S/C12H29O6PSi.C8H6O4.C2H6O2/c1-6-14-19(13,15-7-2)11-12-20(16-8-3,17-9-4)18-10-5;9-7(10)5-1-2-6(4-3-5)8(11)12;3-1-2-4/h6-12H2,1-5H3;1-4H,(H,9,10)(H,11,12);3-4H,1-2H2. The van der Waals surface area contributed by atoms with Crippen LogP contribution in [0.2, 0.25) is 6.04 Å². The lowest BCUT2D eigenvalue weighted by molar-refractivity contribution is 0.0681. The molecule has 210 valence electrons. The maximum absolute atomic E-state index is 12.5. The highest BCUT2D eigenvalue weighted by molar-refractivity contribution is 7.54. The van der Waals surface area contributed by atoms with E-state index in [4.69, 9.17) is 42.8 Å². The number of aromatic carboxylic acids is 2. The van der Waals surface area contributed by atoms with E-state index in [-0.39, 0.29) is 30.5 Å². The van der Waals surface area contributed by atoms with Gasteiger partial charge >= 0.3 is 28.3 Å². The van der Waals surface area contributed by atoms with Crippen LogP contribution in [0.25, 0.3) is 0 Å². The molecule has 0 aliphatic rings. The van der Waals surface area contributed by atoms with Crippen LogP contribution in [-0.2, 0) is 26.9 Å². The fraction of sp³-hybridized carbons (Fsp3) is 0.636. The molecule has 4 N–H and O–H groups in total. The van der Waals surface area contributed by atoms with Gasteiger partial charge in [-0.1, -0.05) is 0 Å². The van der Waals surface area contributed by atoms with Crippen molar-refractivity contribution >= 4 is 28.3 Å². The van der Waals surface area contributed by atoms with Gasteiger partial charge in [-0.25, -0.2) is 9.59 Å². The number of carboxylic acids is 2. The highest BCUT2D eigenvalue weighted by Gasteiger charge is 2.43. The molecular formula is C22H41O12PSi. The van der Waals surface area contributed by atoms with Crippen LogP contribution in [0.5, 0.6) is 0 Å². The van der Waals surface area contributed by atoms with E-state index in [1.54, 1.807) is 13.8 Å². The number of aliphatic hydroxyl groups excluding tert-OH is 2. The molecule has 0 unspecified atom stereocenters. The van der Waals surface area contributed by atoms with Crippen molar-refractivity contribution in [2.24, 2.45) is 0 Å². The Balaban J connectivity index is 0. The van der Waals surface area contributed by atoms with Crippen LogP contribution in [0.3, 0.4) is 0 Å². The lowest BCUT2D eigenvalue weighted by Crippen LogP contribution is -2.46. The molecule has 0 saturated heterocycles. The van der Waals surface area contributed by atoms with Crippen molar-refractivity contribution in [3.05, 3.63) is 35.4 Å². The third-order valence-corrected chi connectivity index (χ3v) is 9.46. The van der Waals surface area contributed by atoms with E-state index in [0.29, 0.717) is 39.1 Å². The average molecular weight is 557 g/mol.